The van der Waals surface area contributed by atoms with Gasteiger partial charge >= 0.3 is 12.4 Å². The molecule has 0 aliphatic rings. The van der Waals surface area contributed by atoms with E-state index in [1.807, 2.05) is 0 Å². The minimum Gasteiger partial charge on any atom is -0.275 e. The molecule has 0 radical (unpaired) electrons. The molecule has 1 aromatic rings. The monoisotopic (exact) mass is 330 g/mol. The SMILES string of the molecule is O=C(Cl)c1c(F)c(C(F)(F)F)c(F)c(C(F)(F)F)c1F. The minimum absolute atomic E-state index is 2.27. The van der Waals surface area contributed by atoms with Gasteiger partial charge in [0.25, 0.3) is 5.24 Å². The van der Waals surface area contributed by atoms with Crippen molar-refractivity contribution in [3.8, 4) is 0 Å². The van der Waals surface area contributed by atoms with Gasteiger partial charge in [-0.25, -0.2) is 13.2 Å². The van der Waals surface area contributed by atoms with Crippen LogP contribution in [0.25, 0.3) is 0 Å². The van der Waals surface area contributed by atoms with Crippen LogP contribution in [-0.4, -0.2) is 5.24 Å². The van der Waals surface area contributed by atoms with Crippen molar-refractivity contribution in [3.63, 3.8) is 0 Å². The van der Waals surface area contributed by atoms with Crippen molar-refractivity contribution in [2.24, 2.45) is 0 Å². The number of benzene rings is 1. The normalized spacial score (nSPS) is 12.7. The summed E-state index contributed by atoms with van der Waals surface area (Å²) in [5, 5.41) is -2.27. The summed E-state index contributed by atoms with van der Waals surface area (Å²) in [5.74, 6) is -8.90. The average molecular weight is 331 g/mol. The number of halogens is 10. The first-order valence-electron chi connectivity index (χ1n) is 4.34. The van der Waals surface area contributed by atoms with E-state index in [-0.39, 0.29) is 0 Å². The van der Waals surface area contributed by atoms with Crippen molar-refractivity contribution >= 4 is 16.8 Å². The van der Waals surface area contributed by atoms with Gasteiger partial charge in [0, 0.05) is 0 Å². The molecule has 0 saturated carbocycles. The molecule has 0 saturated heterocycles. The fourth-order valence-corrected chi connectivity index (χ4v) is 1.50. The third kappa shape index (κ3) is 2.69. The highest BCUT2D eigenvalue weighted by molar-refractivity contribution is 6.67. The lowest BCUT2D eigenvalue weighted by atomic mass is 10.0. The second-order valence-electron chi connectivity index (χ2n) is 3.34. The molecule has 1 rings (SSSR count). The van der Waals surface area contributed by atoms with E-state index >= 15 is 0 Å². The van der Waals surface area contributed by atoms with E-state index in [1.54, 1.807) is 0 Å². The molecule has 0 aromatic heterocycles. The van der Waals surface area contributed by atoms with E-state index in [0.717, 1.165) is 0 Å². The van der Waals surface area contributed by atoms with Crippen LogP contribution in [0.2, 0.25) is 0 Å². The predicted molar refractivity (Wildman–Crippen MR) is 46.5 cm³/mol. The fraction of sp³-hybridized carbons (Fsp3) is 0.222. The molecule has 0 aliphatic carbocycles. The van der Waals surface area contributed by atoms with Crippen LogP contribution in [0.15, 0.2) is 0 Å². The number of rotatable bonds is 1. The number of carbonyl (C=O) groups is 1. The van der Waals surface area contributed by atoms with Crippen LogP contribution >= 0.6 is 11.6 Å². The highest BCUT2D eigenvalue weighted by Gasteiger charge is 2.48. The lowest BCUT2D eigenvalue weighted by Crippen LogP contribution is -2.23. The molecule has 1 aromatic carbocycles. The van der Waals surface area contributed by atoms with Gasteiger partial charge in [0.15, 0.2) is 17.5 Å². The predicted octanol–water partition coefficient (Wildman–Crippen LogP) is 4.52. The lowest BCUT2D eigenvalue weighted by molar-refractivity contribution is -0.150. The first kappa shape index (κ1) is 16.6. The number of alkyl halides is 6. The standard InChI is InChI=1S/C9ClF9O/c10-7(20)1-4(11)2(8(14,15)16)6(13)3(5(1)12)9(17,18)19. The third-order valence-corrected chi connectivity index (χ3v) is 2.27. The summed E-state index contributed by atoms with van der Waals surface area (Å²) in [5.41, 5.74) is -8.42. The highest BCUT2D eigenvalue weighted by atomic mass is 35.5. The molecule has 0 unspecified atom stereocenters. The summed E-state index contributed by atoms with van der Waals surface area (Å²) < 4.78 is 114. The van der Waals surface area contributed by atoms with E-state index < -0.39 is 51.7 Å². The Balaban J connectivity index is 4.00. The summed E-state index contributed by atoms with van der Waals surface area (Å²) in [6, 6.07) is 0. The van der Waals surface area contributed by atoms with Gasteiger partial charge in [-0.05, 0) is 11.6 Å². The minimum atomic E-state index is -5.93. The van der Waals surface area contributed by atoms with Crippen LogP contribution in [0.1, 0.15) is 21.5 Å². The second kappa shape index (κ2) is 4.83. The molecule has 0 spiro atoms. The first-order valence-corrected chi connectivity index (χ1v) is 4.72. The van der Waals surface area contributed by atoms with Gasteiger partial charge in [-0.15, -0.1) is 0 Å². The Morgan fingerprint density at radius 2 is 1.05 bits per heavy atom. The molecule has 112 valence electrons. The Morgan fingerprint density at radius 1 is 0.750 bits per heavy atom. The summed E-state index contributed by atoms with van der Waals surface area (Å²) in [4.78, 5) is 10.6. The van der Waals surface area contributed by atoms with E-state index in [9.17, 15) is 44.3 Å². The number of hydrogen-bond acceptors (Lipinski definition) is 1. The summed E-state index contributed by atoms with van der Waals surface area (Å²) in [6.45, 7) is 0. The van der Waals surface area contributed by atoms with Crippen molar-refractivity contribution in [2.75, 3.05) is 0 Å². The van der Waals surface area contributed by atoms with Gasteiger partial charge in [0.2, 0.25) is 0 Å². The molecule has 0 N–H and O–H groups in total. The molecule has 0 heterocycles. The molecular weight excluding hydrogens is 331 g/mol. The molecule has 11 heteroatoms. The molecule has 0 aliphatic heterocycles. The quantitative estimate of drug-likeness (QED) is 0.546. The van der Waals surface area contributed by atoms with Crippen LogP contribution in [0.4, 0.5) is 39.5 Å². The Hall–Kier alpha value is -1.45. The zero-order chi connectivity index (χ0) is 16.0. The van der Waals surface area contributed by atoms with Gasteiger partial charge in [-0.1, -0.05) is 0 Å². The summed E-state index contributed by atoms with van der Waals surface area (Å²) >= 11 is 4.53. The molecule has 20 heavy (non-hydrogen) atoms. The van der Waals surface area contributed by atoms with Crippen LogP contribution in [0, 0.1) is 17.5 Å². The smallest absolute Gasteiger partial charge is 0.275 e. The van der Waals surface area contributed by atoms with Crippen molar-refractivity contribution in [2.45, 2.75) is 12.4 Å². The Labute approximate surface area is 108 Å². The Morgan fingerprint density at radius 3 is 1.25 bits per heavy atom. The maximum atomic E-state index is 13.2. The number of hydrogen-bond donors (Lipinski definition) is 0. The van der Waals surface area contributed by atoms with Crippen LogP contribution in [0.3, 0.4) is 0 Å². The van der Waals surface area contributed by atoms with Gasteiger partial charge in [0.1, 0.15) is 16.7 Å². The molecule has 0 fully saturated rings. The zero-order valence-electron chi connectivity index (χ0n) is 8.69. The summed E-state index contributed by atoms with van der Waals surface area (Å²) in [7, 11) is 0. The molecule has 0 bridgehead atoms. The van der Waals surface area contributed by atoms with Crippen LogP contribution < -0.4 is 0 Å². The largest absolute Gasteiger partial charge is 0.422 e. The van der Waals surface area contributed by atoms with E-state index in [0.29, 0.717) is 0 Å². The van der Waals surface area contributed by atoms with Crippen molar-refractivity contribution in [3.05, 3.63) is 34.1 Å². The van der Waals surface area contributed by atoms with Crippen molar-refractivity contribution < 1.29 is 44.3 Å². The number of carbonyl (C=O) groups excluding carboxylic acids is 1. The van der Waals surface area contributed by atoms with Gasteiger partial charge in [-0.3, -0.25) is 4.79 Å². The average Bonchev–Trinajstić information content (AvgIpc) is 2.09. The highest BCUT2D eigenvalue weighted by Crippen LogP contribution is 2.43. The maximum absolute atomic E-state index is 13.2. The van der Waals surface area contributed by atoms with E-state index in [1.165, 1.54) is 0 Å². The van der Waals surface area contributed by atoms with Crippen molar-refractivity contribution in [1.29, 1.82) is 0 Å². The van der Waals surface area contributed by atoms with Crippen LogP contribution in [0.5, 0.6) is 0 Å². The van der Waals surface area contributed by atoms with Crippen molar-refractivity contribution in [1.82, 2.24) is 0 Å². The Bertz CT molecular complexity index is 531. The molecular formula is C9ClF9O. The van der Waals surface area contributed by atoms with Gasteiger partial charge in [0.05, 0.1) is 0 Å². The Kier molecular flexibility index (Phi) is 4.01. The maximum Gasteiger partial charge on any atom is 0.422 e. The summed E-state index contributed by atoms with van der Waals surface area (Å²) in [6.07, 6.45) is -11.9. The first-order chi connectivity index (χ1) is 8.80. The lowest BCUT2D eigenvalue weighted by Gasteiger charge is -2.17. The van der Waals surface area contributed by atoms with Crippen LogP contribution in [-0.2, 0) is 12.4 Å². The van der Waals surface area contributed by atoms with Gasteiger partial charge < -0.3 is 0 Å². The van der Waals surface area contributed by atoms with E-state index in [4.69, 9.17) is 0 Å². The molecule has 0 atom stereocenters. The molecule has 0 amide bonds. The van der Waals surface area contributed by atoms with E-state index in [2.05, 4.69) is 11.6 Å². The third-order valence-electron chi connectivity index (χ3n) is 2.08. The molecule has 1 nitrogen and oxygen atoms in total. The zero-order valence-corrected chi connectivity index (χ0v) is 9.44. The van der Waals surface area contributed by atoms with Gasteiger partial charge in [-0.2, -0.15) is 26.3 Å². The second-order valence-corrected chi connectivity index (χ2v) is 3.68. The fourth-order valence-electron chi connectivity index (χ4n) is 1.33. The topological polar surface area (TPSA) is 17.1 Å².